The molecule has 88 valence electrons. The second-order valence-electron chi connectivity index (χ2n) is 4.21. The van der Waals surface area contributed by atoms with Crippen molar-refractivity contribution in [3.63, 3.8) is 0 Å². The monoisotopic (exact) mass is 220 g/mol. The molecule has 0 saturated carbocycles. The summed E-state index contributed by atoms with van der Waals surface area (Å²) in [6, 6.07) is 6.47. The van der Waals surface area contributed by atoms with Crippen molar-refractivity contribution in [2.75, 3.05) is 19.7 Å². The standard InChI is InChI=1S/C13H20N2O/c14-6-1-2-7-15-10-11-3-4-13-12(9-11)5-8-16-13/h3-4,9,15H,1-2,5-8,10,14H2. The van der Waals surface area contributed by atoms with Crippen molar-refractivity contribution >= 4 is 0 Å². The van der Waals surface area contributed by atoms with Gasteiger partial charge in [0.1, 0.15) is 5.75 Å². The summed E-state index contributed by atoms with van der Waals surface area (Å²) in [5, 5.41) is 3.43. The minimum atomic E-state index is 0.790. The average Bonchev–Trinajstić information content (AvgIpc) is 2.76. The summed E-state index contributed by atoms with van der Waals surface area (Å²) in [6.45, 7) is 3.61. The number of fused-ring (bicyclic) bond motifs is 1. The Morgan fingerprint density at radius 3 is 3.12 bits per heavy atom. The average molecular weight is 220 g/mol. The third-order valence-electron chi connectivity index (χ3n) is 2.89. The molecule has 3 nitrogen and oxygen atoms in total. The van der Waals surface area contributed by atoms with Crippen LogP contribution >= 0.6 is 0 Å². The summed E-state index contributed by atoms with van der Waals surface area (Å²) >= 11 is 0. The number of nitrogens with two attached hydrogens (primary N) is 1. The fourth-order valence-electron chi connectivity index (χ4n) is 1.98. The maximum absolute atomic E-state index is 5.48. The van der Waals surface area contributed by atoms with Gasteiger partial charge in [0.05, 0.1) is 6.61 Å². The van der Waals surface area contributed by atoms with Crippen molar-refractivity contribution in [3.8, 4) is 5.75 Å². The molecule has 3 heteroatoms. The van der Waals surface area contributed by atoms with Crippen LogP contribution in [0.15, 0.2) is 18.2 Å². The first-order valence-corrected chi connectivity index (χ1v) is 6.05. The van der Waals surface area contributed by atoms with E-state index in [1.54, 1.807) is 0 Å². The first-order valence-electron chi connectivity index (χ1n) is 6.05. The highest BCUT2D eigenvalue weighted by molar-refractivity contribution is 5.39. The molecule has 0 spiro atoms. The predicted molar refractivity (Wildman–Crippen MR) is 65.6 cm³/mol. The molecule has 1 aromatic rings. The summed E-state index contributed by atoms with van der Waals surface area (Å²) in [7, 11) is 0. The molecule has 2 rings (SSSR count). The van der Waals surface area contributed by atoms with Crippen molar-refractivity contribution in [2.24, 2.45) is 5.73 Å². The molecule has 3 N–H and O–H groups in total. The van der Waals surface area contributed by atoms with Crippen molar-refractivity contribution in [3.05, 3.63) is 29.3 Å². The molecule has 1 heterocycles. The number of nitrogens with one attached hydrogen (secondary N) is 1. The van der Waals surface area contributed by atoms with E-state index in [4.69, 9.17) is 10.5 Å². The maximum atomic E-state index is 5.48. The normalized spacial score (nSPS) is 13.6. The molecule has 0 bridgehead atoms. The predicted octanol–water partition coefficient (Wildman–Crippen LogP) is 1.45. The lowest BCUT2D eigenvalue weighted by Crippen LogP contribution is -2.15. The molecular weight excluding hydrogens is 200 g/mol. The van der Waals surface area contributed by atoms with E-state index < -0.39 is 0 Å². The van der Waals surface area contributed by atoms with Crippen LogP contribution < -0.4 is 15.8 Å². The van der Waals surface area contributed by atoms with Crippen molar-refractivity contribution < 1.29 is 4.74 Å². The highest BCUT2D eigenvalue weighted by Gasteiger charge is 2.11. The van der Waals surface area contributed by atoms with Crippen LogP contribution in [0.1, 0.15) is 24.0 Å². The van der Waals surface area contributed by atoms with Crippen LogP contribution in [0.2, 0.25) is 0 Å². The van der Waals surface area contributed by atoms with Crippen LogP contribution in [0.5, 0.6) is 5.75 Å². The zero-order chi connectivity index (χ0) is 11.2. The second-order valence-corrected chi connectivity index (χ2v) is 4.21. The Hall–Kier alpha value is -1.06. The quantitative estimate of drug-likeness (QED) is 0.713. The summed E-state index contributed by atoms with van der Waals surface area (Å²) < 4.78 is 5.48. The van der Waals surface area contributed by atoms with Gasteiger partial charge in [-0.05, 0) is 43.1 Å². The fraction of sp³-hybridized carbons (Fsp3) is 0.538. The van der Waals surface area contributed by atoms with Crippen molar-refractivity contribution in [1.29, 1.82) is 0 Å². The Bertz CT molecular complexity index is 339. The molecule has 0 aliphatic carbocycles. The van der Waals surface area contributed by atoms with Gasteiger partial charge in [-0.3, -0.25) is 0 Å². The van der Waals surface area contributed by atoms with Crippen LogP contribution in [-0.4, -0.2) is 19.7 Å². The minimum absolute atomic E-state index is 0.790. The lowest BCUT2D eigenvalue weighted by Gasteiger charge is -2.06. The number of hydrogen-bond acceptors (Lipinski definition) is 3. The third-order valence-corrected chi connectivity index (χ3v) is 2.89. The van der Waals surface area contributed by atoms with Gasteiger partial charge in [-0.25, -0.2) is 0 Å². The van der Waals surface area contributed by atoms with Crippen LogP contribution in [-0.2, 0) is 13.0 Å². The van der Waals surface area contributed by atoms with Crippen LogP contribution in [0, 0.1) is 0 Å². The molecule has 0 atom stereocenters. The zero-order valence-corrected chi connectivity index (χ0v) is 9.67. The largest absolute Gasteiger partial charge is 0.493 e. The van der Waals surface area contributed by atoms with E-state index in [1.807, 2.05) is 0 Å². The molecule has 1 aromatic carbocycles. The van der Waals surface area contributed by atoms with Gasteiger partial charge in [0.15, 0.2) is 0 Å². The lowest BCUT2D eigenvalue weighted by atomic mass is 10.1. The Morgan fingerprint density at radius 2 is 2.25 bits per heavy atom. The van der Waals surface area contributed by atoms with E-state index in [1.165, 1.54) is 11.1 Å². The number of ether oxygens (including phenoxy) is 1. The number of rotatable bonds is 6. The second kappa shape index (κ2) is 5.87. The summed E-state index contributed by atoms with van der Waals surface area (Å²) in [6.07, 6.45) is 3.31. The summed E-state index contributed by atoms with van der Waals surface area (Å²) in [5.41, 5.74) is 8.13. The Kier molecular flexibility index (Phi) is 4.19. The lowest BCUT2D eigenvalue weighted by molar-refractivity contribution is 0.357. The molecule has 0 saturated heterocycles. The Morgan fingerprint density at radius 1 is 1.31 bits per heavy atom. The van der Waals surface area contributed by atoms with Crippen molar-refractivity contribution in [2.45, 2.75) is 25.8 Å². The molecule has 0 radical (unpaired) electrons. The number of hydrogen-bond donors (Lipinski definition) is 2. The first kappa shape index (κ1) is 11.4. The van der Waals surface area contributed by atoms with Crippen LogP contribution in [0.4, 0.5) is 0 Å². The fourth-order valence-corrected chi connectivity index (χ4v) is 1.98. The van der Waals surface area contributed by atoms with Crippen LogP contribution in [0.3, 0.4) is 0 Å². The van der Waals surface area contributed by atoms with Gasteiger partial charge in [-0.1, -0.05) is 12.1 Å². The van der Waals surface area contributed by atoms with Gasteiger partial charge in [0.25, 0.3) is 0 Å². The smallest absolute Gasteiger partial charge is 0.122 e. The van der Waals surface area contributed by atoms with Gasteiger partial charge in [-0.15, -0.1) is 0 Å². The van der Waals surface area contributed by atoms with Gasteiger partial charge >= 0.3 is 0 Å². The molecule has 0 fully saturated rings. The Labute approximate surface area is 97.0 Å². The van der Waals surface area contributed by atoms with Gasteiger partial charge in [-0.2, -0.15) is 0 Å². The zero-order valence-electron chi connectivity index (χ0n) is 9.67. The summed E-state index contributed by atoms with van der Waals surface area (Å²) in [4.78, 5) is 0. The highest BCUT2D eigenvalue weighted by atomic mass is 16.5. The van der Waals surface area contributed by atoms with E-state index in [0.717, 1.165) is 51.3 Å². The maximum Gasteiger partial charge on any atom is 0.122 e. The SMILES string of the molecule is NCCCCNCc1ccc2c(c1)CCO2. The van der Waals surface area contributed by atoms with E-state index in [9.17, 15) is 0 Å². The molecule has 16 heavy (non-hydrogen) atoms. The minimum Gasteiger partial charge on any atom is -0.493 e. The van der Waals surface area contributed by atoms with E-state index in [0.29, 0.717) is 0 Å². The van der Waals surface area contributed by atoms with Gasteiger partial charge in [0, 0.05) is 13.0 Å². The number of benzene rings is 1. The van der Waals surface area contributed by atoms with Gasteiger partial charge < -0.3 is 15.8 Å². The molecule has 1 aliphatic heterocycles. The topological polar surface area (TPSA) is 47.3 Å². The third kappa shape index (κ3) is 2.97. The van der Waals surface area contributed by atoms with Gasteiger partial charge in [0.2, 0.25) is 0 Å². The molecule has 1 aliphatic rings. The van der Waals surface area contributed by atoms with E-state index >= 15 is 0 Å². The van der Waals surface area contributed by atoms with E-state index in [-0.39, 0.29) is 0 Å². The first-order chi connectivity index (χ1) is 7.90. The molecular formula is C13H20N2O. The highest BCUT2D eigenvalue weighted by Crippen LogP contribution is 2.25. The van der Waals surface area contributed by atoms with E-state index in [2.05, 4.69) is 23.5 Å². The molecule has 0 aromatic heterocycles. The van der Waals surface area contributed by atoms with Crippen LogP contribution in [0.25, 0.3) is 0 Å². The molecule has 0 amide bonds. The summed E-state index contributed by atoms with van der Waals surface area (Å²) in [5.74, 6) is 1.06. The number of unbranched alkanes of at least 4 members (excludes halogenated alkanes) is 1. The molecule has 0 unspecified atom stereocenters. The van der Waals surface area contributed by atoms with Crippen molar-refractivity contribution in [1.82, 2.24) is 5.32 Å². The Balaban J connectivity index is 1.77.